The van der Waals surface area contributed by atoms with Gasteiger partial charge in [0.15, 0.2) is 0 Å². The molecule has 1 aliphatic heterocycles. The molecule has 1 atom stereocenters. The van der Waals surface area contributed by atoms with Gasteiger partial charge in [0, 0.05) is 32.4 Å². The number of phenols is 1. The van der Waals surface area contributed by atoms with Crippen LogP contribution in [0.2, 0.25) is 0 Å². The Balaban J connectivity index is 1.33. The van der Waals surface area contributed by atoms with Crippen LogP contribution in [0.15, 0.2) is 55.0 Å². The molecule has 37 heavy (non-hydrogen) atoms. The molecule has 7 nitrogen and oxygen atoms in total. The molecule has 1 aromatic heterocycles. The van der Waals surface area contributed by atoms with Gasteiger partial charge in [0.25, 0.3) is 0 Å². The van der Waals surface area contributed by atoms with Crippen LogP contribution in [0.1, 0.15) is 60.5 Å². The number of hydrogen-bond acceptors (Lipinski definition) is 5. The summed E-state index contributed by atoms with van der Waals surface area (Å²) in [5.74, 6) is -0.157. The van der Waals surface area contributed by atoms with Crippen LogP contribution in [0.3, 0.4) is 0 Å². The number of aromatic nitrogens is 2. The monoisotopic (exact) mass is 501 g/mol. The molecule has 0 bridgehead atoms. The molecule has 1 saturated carbocycles. The van der Waals surface area contributed by atoms with Crippen molar-refractivity contribution in [1.29, 1.82) is 5.26 Å². The molecule has 192 valence electrons. The highest BCUT2D eigenvalue weighted by Gasteiger charge is 2.44. The van der Waals surface area contributed by atoms with Crippen molar-refractivity contribution in [2.45, 2.75) is 50.0 Å². The minimum absolute atomic E-state index is 0.0392. The number of aromatic hydroxyl groups is 1. The number of aromatic amines is 1. The van der Waals surface area contributed by atoms with Crippen LogP contribution in [-0.2, 0) is 16.6 Å². The largest absolute Gasteiger partial charge is 0.508 e. The predicted molar refractivity (Wildman–Crippen MR) is 137 cm³/mol. The van der Waals surface area contributed by atoms with Crippen LogP contribution in [0.5, 0.6) is 5.75 Å². The zero-order valence-electron chi connectivity index (χ0n) is 20.9. The van der Waals surface area contributed by atoms with Gasteiger partial charge in [-0.2, -0.15) is 5.26 Å². The Bertz CT molecular complexity index is 1270. The van der Waals surface area contributed by atoms with Crippen molar-refractivity contribution >= 4 is 5.91 Å². The van der Waals surface area contributed by atoms with Gasteiger partial charge in [-0.25, -0.2) is 9.37 Å². The normalized spacial score (nSPS) is 18.8. The number of carbonyl (C=O) groups excluding carboxylic acids is 1. The van der Waals surface area contributed by atoms with E-state index in [2.05, 4.69) is 14.9 Å². The Morgan fingerprint density at radius 1 is 1.14 bits per heavy atom. The molecule has 2 aliphatic rings. The van der Waals surface area contributed by atoms with E-state index in [0.29, 0.717) is 32.6 Å². The van der Waals surface area contributed by atoms with E-state index in [1.165, 1.54) is 12.1 Å². The first-order valence-electron chi connectivity index (χ1n) is 13.0. The minimum atomic E-state index is -0.581. The lowest BCUT2D eigenvalue weighted by molar-refractivity contribution is -0.141. The first-order valence-corrected chi connectivity index (χ1v) is 13.0. The van der Waals surface area contributed by atoms with E-state index in [9.17, 15) is 14.3 Å². The van der Waals surface area contributed by atoms with Gasteiger partial charge in [-0.1, -0.05) is 37.5 Å². The van der Waals surface area contributed by atoms with E-state index in [1.54, 1.807) is 30.7 Å². The third kappa shape index (κ3) is 5.09. The van der Waals surface area contributed by atoms with Gasteiger partial charge in [-0.15, -0.1) is 0 Å². The summed E-state index contributed by atoms with van der Waals surface area (Å²) in [5, 5.41) is 19.2. The van der Waals surface area contributed by atoms with E-state index in [1.807, 2.05) is 23.1 Å². The second-order valence-electron chi connectivity index (χ2n) is 10.2. The number of benzene rings is 2. The maximum Gasteiger partial charge on any atom is 0.233 e. The fourth-order valence-corrected chi connectivity index (χ4v) is 6.01. The highest BCUT2D eigenvalue weighted by atomic mass is 19.1. The summed E-state index contributed by atoms with van der Waals surface area (Å²) in [6, 6.07) is 13.8. The standard InChI is InChI=1S/C29H32FN5O2/c30-25-15-21(7-8-22(25)18-31)16-27(26-19-32-20-33-26)34-11-13-35(14-12-34)28(37)29(9-2-1-3-10-29)23-5-4-6-24(36)17-23/h4-8,15,17,19-20,27,36H,1-3,9-14,16H2,(H,32,33). The molecule has 2 fully saturated rings. The number of hydrogen-bond donors (Lipinski definition) is 2. The maximum absolute atomic E-state index is 14.3. The van der Waals surface area contributed by atoms with Crippen LogP contribution in [0.25, 0.3) is 0 Å². The highest BCUT2D eigenvalue weighted by Crippen LogP contribution is 2.42. The number of nitriles is 1. The number of H-pyrrole nitrogens is 1. The van der Waals surface area contributed by atoms with Crippen molar-refractivity contribution in [2.75, 3.05) is 26.2 Å². The number of piperazine rings is 1. The Labute approximate surface area is 216 Å². The molecule has 1 amide bonds. The van der Waals surface area contributed by atoms with Crippen molar-refractivity contribution in [3.8, 4) is 11.8 Å². The summed E-state index contributed by atoms with van der Waals surface area (Å²) in [5.41, 5.74) is 2.12. The lowest BCUT2D eigenvalue weighted by Crippen LogP contribution is -2.55. The second-order valence-corrected chi connectivity index (χ2v) is 10.2. The molecule has 2 heterocycles. The van der Waals surface area contributed by atoms with Crippen LogP contribution < -0.4 is 0 Å². The lowest BCUT2D eigenvalue weighted by atomic mass is 9.68. The molecular formula is C29H32FN5O2. The first-order chi connectivity index (χ1) is 18.0. The first kappa shape index (κ1) is 25.0. The predicted octanol–water partition coefficient (Wildman–Crippen LogP) is 4.46. The summed E-state index contributed by atoms with van der Waals surface area (Å²) < 4.78 is 14.3. The van der Waals surface area contributed by atoms with E-state index in [4.69, 9.17) is 5.26 Å². The van der Waals surface area contributed by atoms with Crippen molar-refractivity contribution < 1.29 is 14.3 Å². The van der Waals surface area contributed by atoms with Crippen LogP contribution in [0.4, 0.5) is 4.39 Å². The Morgan fingerprint density at radius 2 is 1.92 bits per heavy atom. The summed E-state index contributed by atoms with van der Waals surface area (Å²) in [6.07, 6.45) is 8.74. The summed E-state index contributed by atoms with van der Waals surface area (Å²) in [4.78, 5) is 25.7. The number of carbonyl (C=O) groups is 1. The van der Waals surface area contributed by atoms with E-state index in [0.717, 1.165) is 48.9 Å². The maximum atomic E-state index is 14.3. The number of rotatable bonds is 6. The van der Waals surface area contributed by atoms with E-state index < -0.39 is 11.2 Å². The number of nitrogens with zero attached hydrogens (tertiary/aromatic N) is 4. The van der Waals surface area contributed by atoms with Gasteiger partial charge in [0.1, 0.15) is 17.6 Å². The van der Waals surface area contributed by atoms with E-state index in [-0.39, 0.29) is 23.3 Å². The molecule has 8 heteroatoms. The molecule has 0 radical (unpaired) electrons. The number of nitrogens with one attached hydrogen (secondary N) is 1. The van der Waals surface area contributed by atoms with Crippen LogP contribution >= 0.6 is 0 Å². The third-order valence-corrected chi connectivity index (χ3v) is 8.02. The molecule has 0 spiro atoms. The lowest BCUT2D eigenvalue weighted by Gasteiger charge is -2.44. The van der Waals surface area contributed by atoms with Gasteiger partial charge < -0.3 is 15.0 Å². The highest BCUT2D eigenvalue weighted by molar-refractivity contribution is 5.88. The Kier molecular flexibility index (Phi) is 7.24. The summed E-state index contributed by atoms with van der Waals surface area (Å²) >= 11 is 0. The molecular weight excluding hydrogens is 469 g/mol. The Hall–Kier alpha value is -3.70. The molecule has 1 unspecified atom stereocenters. The molecule has 2 aromatic carbocycles. The average Bonchev–Trinajstić information content (AvgIpc) is 3.47. The number of phenolic OH excluding ortho intramolecular Hbond substituents is 1. The Morgan fingerprint density at radius 3 is 2.57 bits per heavy atom. The average molecular weight is 502 g/mol. The molecule has 5 rings (SSSR count). The zero-order valence-corrected chi connectivity index (χ0v) is 20.9. The van der Waals surface area contributed by atoms with Crippen molar-refractivity contribution in [3.63, 3.8) is 0 Å². The van der Waals surface area contributed by atoms with Crippen LogP contribution in [-0.4, -0.2) is 57.0 Å². The van der Waals surface area contributed by atoms with Crippen LogP contribution in [0, 0.1) is 17.1 Å². The molecule has 1 aliphatic carbocycles. The third-order valence-electron chi connectivity index (χ3n) is 8.02. The zero-order chi connectivity index (χ0) is 25.8. The molecule has 1 saturated heterocycles. The van der Waals surface area contributed by atoms with Gasteiger partial charge in [-0.05, 0) is 54.7 Å². The van der Waals surface area contributed by atoms with Crippen molar-refractivity contribution in [2.24, 2.45) is 0 Å². The SMILES string of the molecule is N#Cc1ccc(CC(c2cnc[nH]2)N2CCN(C(=O)C3(c4cccc(O)c4)CCCCC3)CC2)cc1F. The minimum Gasteiger partial charge on any atom is -0.508 e. The fraction of sp³-hybridized carbons (Fsp3) is 0.414. The number of imidazole rings is 1. The summed E-state index contributed by atoms with van der Waals surface area (Å²) in [7, 11) is 0. The topological polar surface area (TPSA) is 96.3 Å². The van der Waals surface area contributed by atoms with Gasteiger partial charge in [0.05, 0.1) is 29.0 Å². The van der Waals surface area contributed by atoms with Crippen molar-refractivity contribution in [1.82, 2.24) is 19.8 Å². The van der Waals surface area contributed by atoms with Crippen molar-refractivity contribution in [3.05, 3.63) is 83.2 Å². The number of amides is 1. The summed E-state index contributed by atoms with van der Waals surface area (Å²) in [6.45, 7) is 2.58. The van der Waals surface area contributed by atoms with Gasteiger partial charge in [0.2, 0.25) is 5.91 Å². The quantitative estimate of drug-likeness (QED) is 0.520. The molecule has 3 aromatic rings. The fourth-order valence-electron chi connectivity index (χ4n) is 6.01. The second kappa shape index (κ2) is 10.7. The smallest absolute Gasteiger partial charge is 0.233 e. The van der Waals surface area contributed by atoms with E-state index >= 15 is 0 Å². The van der Waals surface area contributed by atoms with Gasteiger partial charge >= 0.3 is 0 Å². The molecule has 2 N–H and O–H groups in total. The number of halogens is 1. The van der Waals surface area contributed by atoms with Gasteiger partial charge in [-0.3, -0.25) is 9.69 Å².